The zero-order valence-corrected chi connectivity index (χ0v) is 14.7. The van der Waals surface area contributed by atoms with E-state index in [1.807, 2.05) is 0 Å². The number of carbonyl (C=O) groups is 1. The van der Waals surface area contributed by atoms with Gasteiger partial charge in [0, 0.05) is 6.61 Å². The third-order valence-electron chi connectivity index (χ3n) is 3.28. The van der Waals surface area contributed by atoms with E-state index in [1.54, 1.807) is 6.92 Å². The predicted molar refractivity (Wildman–Crippen MR) is 78.5 cm³/mol. The Morgan fingerprint density at radius 1 is 1.39 bits per heavy atom. The van der Waals surface area contributed by atoms with E-state index in [1.165, 1.54) is 0 Å². The minimum atomic E-state index is -1.86. The molecule has 6 heteroatoms. The van der Waals surface area contributed by atoms with Crippen molar-refractivity contribution in [3.8, 4) is 0 Å². The summed E-state index contributed by atoms with van der Waals surface area (Å²) in [5.41, 5.74) is 0. The van der Waals surface area contributed by atoms with Crippen molar-refractivity contribution in [1.82, 2.24) is 0 Å². The average Bonchev–Trinajstić information content (AvgIpc) is 2.23. The number of rotatable bonds is 6. The molecule has 0 bridgehead atoms. The summed E-state index contributed by atoms with van der Waals surface area (Å²) in [6, 6.07) is 0. The molecule has 0 fully saturated rings. The first kappa shape index (κ1) is 18.1. The van der Waals surface area contributed by atoms with Gasteiger partial charge in [-0.05, 0) is 25.1 Å². The fourth-order valence-electron chi connectivity index (χ4n) is 0.971. The Morgan fingerprint density at radius 3 is 2.28 bits per heavy atom. The van der Waals surface area contributed by atoms with Gasteiger partial charge >= 0.3 is 5.97 Å². The molecular weight excluding hydrogens is 316 g/mol. The molecule has 108 valence electrons. The largest absolute Gasteiger partial charge is 0.464 e. The third kappa shape index (κ3) is 5.38. The molecule has 0 heterocycles. The minimum absolute atomic E-state index is 0.106. The highest BCUT2D eigenvalue weighted by Gasteiger charge is 2.38. The molecule has 0 aromatic rings. The number of aliphatic hydroxyl groups is 1. The summed E-state index contributed by atoms with van der Waals surface area (Å²) in [7, 11) is -1.86. The first-order valence-electron chi connectivity index (χ1n) is 6.15. The monoisotopic (exact) mass is 340 g/mol. The molecule has 0 aromatic carbocycles. The molecule has 0 amide bonds. The zero-order valence-electron chi connectivity index (χ0n) is 12.1. The molecular formula is C12H25BrO4Si. The van der Waals surface area contributed by atoms with Gasteiger partial charge in [0.15, 0.2) is 14.4 Å². The van der Waals surface area contributed by atoms with Crippen molar-refractivity contribution in [2.75, 3.05) is 13.2 Å². The molecule has 0 aliphatic heterocycles. The normalized spacial score (nSPS) is 16.2. The van der Waals surface area contributed by atoms with Crippen molar-refractivity contribution >= 4 is 30.2 Å². The molecule has 0 saturated carbocycles. The number of esters is 1. The van der Waals surface area contributed by atoms with Crippen LogP contribution < -0.4 is 0 Å². The van der Waals surface area contributed by atoms with Gasteiger partial charge in [0.2, 0.25) is 0 Å². The number of hydrogen-bond donors (Lipinski definition) is 1. The van der Waals surface area contributed by atoms with Crippen LogP contribution in [-0.4, -0.2) is 43.5 Å². The first-order valence-corrected chi connectivity index (χ1v) is 9.98. The fourth-order valence-corrected chi connectivity index (χ4v) is 2.59. The molecule has 0 rings (SSSR count). The van der Waals surface area contributed by atoms with Gasteiger partial charge in [-0.2, -0.15) is 0 Å². The lowest BCUT2D eigenvalue weighted by atomic mass is 10.2. The van der Waals surface area contributed by atoms with Crippen LogP contribution in [0.15, 0.2) is 0 Å². The number of halogens is 1. The lowest BCUT2D eigenvalue weighted by Gasteiger charge is -2.37. The summed E-state index contributed by atoms with van der Waals surface area (Å²) in [5, 5.41) is 9.84. The quantitative estimate of drug-likeness (QED) is 0.458. The van der Waals surface area contributed by atoms with Gasteiger partial charge in [0.1, 0.15) is 0 Å². The van der Waals surface area contributed by atoms with Crippen LogP contribution in [0, 0.1) is 0 Å². The van der Waals surface area contributed by atoms with E-state index in [0.717, 1.165) is 0 Å². The van der Waals surface area contributed by atoms with Crippen LogP contribution in [0.2, 0.25) is 18.1 Å². The van der Waals surface area contributed by atoms with E-state index in [4.69, 9.17) is 9.16 Å². The smallest absolute Gasteiger partial charge is 0.336 e. The Labute approximate surface area is 119 Å². The SMILES string of the molecule is CCOC(=O)[C@@H](O)[C@@H](Br)CO[Si](C)(C)C(C)(C)C. The van der Waals surface area contributed by atoms with Gasteiger partial charge in [-0.1, -0.05) is 36.7 Å². The molecule has 0 saturated heterocycles. The van der Waals surface area contributed by atoms with Gasteiger partial charge in [-0.25, -0.2) is 4.79 Å². The van der Waals surface area contributed by atoms with Crippen molar-refractivity contribution < 1.29 is 19.1 Å². The fraction of sp³-hybridized carbons (Fsp3) is 0.917. The summed E-state index contributed by atoms with van der Waals surface area (Å²) >= 11 is 3.28. The zero-order chi connectivity index (χ0) is 14.6. The molecule has 4 nitrogen and oxygen atoms in total. The summed E-state index contributed by atoms with van der Waals surface area (Å²) in [5.74, 6) is -0.613. The van der Waals surface area contributed by atoms with Crippen molar-refractivity contribution in [2.45, 2.75) is 56.8 Å². The molecule has 0 spiro atoms. The number of ether oxygens (including phenoxy) is 1. The average molecular weight is 341 g/mol. The van der Waals surface area contributed by atoms with Gasteiger partial charge in [-0.15, -0.1) is 0 Å². The lowest BCUT2D eigenvalue weighted by molar-refractivity contribution is -0.153. The van der Waals surface area contributed by atoms with Crippen LogP contribution in [0.3, 0.4) is 0 Å². The number of carbonyl (C=O) groups excluding carboxylic acids is 1. The molecule has 1 N–H and O–H groups in total. The van der Waals surface area contributed by atoms with Crippen molar-refractivity contribution in [1.29, 1.82) is 0 Å². The van der Waals surface area contributed by atoms with Crippen LogP contribution in [0.1, 0.15) is 27.7 Å². The molecule has 0 aromatic heterocycles. The number of hydrogen-bond acceptors (Lipinski definition) is 4. The van der Waals surface area contributed by atoms with E-state index in [2.05, 4.69) is 49.8 Å². The summed E-state index contributed by atoms with van der Waals surface area (Å²) in [6.07, 6.45) is -1.19. The highest BCUT2D eigenvalue weighted by molar-refractivity contribution is 9.09. The van der Waals surface area contributed by atoms with Gasteiger partial charge < -0.3 is 14.3 Å². The Kier molecular flexibility index (Phi) is 7.06. The third-order valence-corrected chi connectivity index (χ3v) is 8.55. The van der Waals surface area contributed by atoms with Crippen molar-refractivity contribution in [3.63, 3.8) is 0 Å². The molecule has 0 radical (unpaired) electrons. The maximum Gasteiger partial charge on any atom is 0.336 e. The maximum absolute atomic E-state index is 11.4. The van der Waals surface area contributed by atoms with Gasteiger partial charge in [0.05, 0.1) is 11.4 Å². The number of alkyl halides is 1. The van der Waals surface area contributed by atoms with Crippen molar-refractivity contribution in [3.05, 3.63) is 0 Å². The predicted octanol–water partition coefficient (Wildman–Crippen LogP) is 2.70. The highest BCUT2D eigenvalue weighted by Crippen LogP contribution is 2.36. The molecule has 0 aliphatic carbocycles. The molecule has 0 unspecified atom stereocenters. The van der Waals surface area contributed by atoms with Crippen LogP contribution in [0.4, 0.5) is 0 Å². The highest BCUT2D eigenvalue weighted by atomic mass is 79.9. The maximum atomic E-state index is 11.4. The summed E-state index contributed by atoms with van der Waals surface area (Å²) in [6.45, 7) is 13.0. The van der Waals surface area contributed by atoms with E-state index >= 15 is 0 Å². The molecule has 0 aliphatic rings. The van der Waals surface area contributed by atoms with Crippen LogP contribution in [0.25, 0.3) is 0 Å². The Bertz CT molecular complexity index is 276. The van der Waals surface area contributed by atoms with E-state index in [0.29, 0.717) is 6.61 Å². The van der Waals surface area contributed by atoms with Gasteiger partial charge in [0.25, 0.3) is 0 Å². The van der Waals surface area contributed by atoms with Crippen LogP contribution in [-0.2, 0) is 14.0 Å². The molecule has 2 atom stereocenters. The number of aliphatic hydroxyl groups excluding tert-OH is 1. The van der Waals surface area contributed by atoms with E-state index in [-0.39, 0.29) is 11.6 Å². The van der Waals surface area contributed by atoms with E-state index < -0.39 is 25.2 Å². The summed E-state index contributed by atoms with van der Waals surface area (Å²) < 4.78 is 10.7. The van der Waals surface area contributed by atoms with Crippen molar-refractivity contribution in [2.24, 2.45) is 0 Å². The lowest BCUT2D eigenvalue weighted by Crippen LogP contribution is -2.44. The summed E-state index contributed by atoms with van der Waals surface area (Å²) in [4.78, 5) is 10.9. The second kappa shape index (κ2) is 7.03. The van der Waals surface area contributed by atoms with Crippen LogP contribution >= 0.6 is 15.9 Å². The first-order chi connectivity index (χ1) is 8.03. The topological polar surface area (TPSA) is 55.8 Å². The molecule has 18 heavy (non-hydrogen) atoms. The van der Waals surface area contributed by atoms with Crippen LogP contribution in [0.5, 0.6) is 0 Å². The van der Waals surface area contributed by atoms with E-state index in [9.17, 15) is 9.90 Å². The second-order valence-corrected chi connectivity index (χ2v) is 11.8. The standard InChI is InChI=1S/C12H25BrO4Si/c1-7-16-11(15)10(14)9(13)8-17-18(5,6)12(2,3)4/h9-10,14H,7-8H2,1-6H3/t9-,10-/m0/s1. The Morgan fingerprint density at radius 2 is 1.89 bits per heavy atom. The minimum Gasteiger partial charge on any atom is -0.464 e. The second-order valence-electron chi connectivity index (χ2n) is 5.78. The Hall–Kier alpha value is 0.0869. The Balaban J connectivity index is 4.34. The van der Waals surface area contributed by atoms with Gasteiger partial charge in [-0.3, -0.25) is 0 Å².